The average molecular weight is 259 g/mol. The fourth-order valence-electron chi connectivity index (χ4n) is 1.74. The Balaban J connectivity index is 1.85. The van der Waals surface area contributed by atoms with Crippen molar-refractivity contribution in [1.82, 2.24) is 9.97 Å². The Labute approximate surface area is 107 Å². The summed E-state index contributed by atoms with van der Waals surface area (Å²) in [5.74, 6) is 0.541. The van der Waals surface area contributed by atoms with E-state index in [4.69, 9.17) is 0 Å². The summed E-state index contributed by atoms with van der Waals surface area (Å²) in [6.45, 7) is 0.413. The van der Waals surface area contributed by atoms with E-state index in [-0.39, 0.29) is 5.82 Å². The lowest BCUT2D eigenvalue weighted by Crippen LogP contribution is -2.03. The van der Waals surface area contributed by atoms with Crippen molar-refractivity contribution in [2.75, 3.05) is 5.32 Å². The van der Waals surface area contributed by atoms with Crippen LogP contribution in [0.4, 0.5) is 10.2 Å². The number of benzene rings is 1. The van der Waals surface area contributed by atoms with E-state index in [0.717, 1.165) is 16.0 Å². The van der Waals surface area contributed by atoms with Crippen molar-refractivity contribution in [3.05, 3.63) is 53.4 Å². The Kier molecular flexibility index (Phi) is 2.90. The maximum atomic E-state index is 13.5. The highest BCUT2D eigenvalue weighted by atomic mass is 32.1. The normalized spacial score (nSPS) is 10.7. The predicted octanol–water partition coefficient (Wildman–Crippen LogP) is 3.44. The van der Waals surface area contributed by atoms with Gasteiger partial charge in [-0.3, -0.25) is 0 Å². The molecule has 3 rings (SSSR count). The van der Waals surface area contributed by atoms with Crippen LogP contribution >= 0.6 is 11.3 Å². The molecule has 0 bridgehead atoms. The number of aromatic nitrogens is 2. The number of rotatable bonds is 3. The van der Waals surface area contributed by atoms with Gasteiger partial charge in [0, 0.05) is 12.1 Å². The van der Waals surface area contributed by atoms with Gasteiger partial charge in [-0.05, 0) is 17.5 Å². The van der Waals surface area contributed by atoms with Crippen molar-refractivity contribution < 1.29 is 4.39 Å². The molecule has 0 spiro atoms. The minimum Gasteiger partial charge on any atom is -0.365 e. The van der Waals surface area contributed by atoms with E-state index >= 15 is 0 Å². The molecule has 1 N–H and O–H groups in total. The summed E-state index contributed by atoms with van der Waals surface area (Å²) in [4.78, 5) is 8.35. The average Bonchev–Trinajstić information content (AvgIpc) is 2.86. The predicted molar refractivity (Wildman–Crippen MR) is 71.1 cm³/mol. The molecule has 0 saturated heterocycles. The minimum atomic E-state index is -0.207. The lowest BCUT2D eigenvalue weighted by Gasteiger charge is -2.06. The second kappa shape index (κ2) is 4.70. The zero-order valence-corrected chi connectivity index (χ0v) is 10.2. The fourth-order valence-corrected chi connectivity index (χ4v) is 2.55. The third-order valence-electron chi connectivity index (χ3n) is 2.65. The molecular formula is C13H10FN3S. The van der Waals surface area contributed by atoms with Gasteiger partial charge in [0.2, 0.25) is 0 Å². The molecule has 0 unspecified atom stereocenters. The van der Waals surface area contributed by atoms with E-state index in [1.807, 2.05) is 17.5 Å². The van der Waals surface area contributed by atoms with E-state index in [1.54, 1.807) is 23.5 Å². The summed E-state index contributed by atoms with van der Waals surface area (Å²) in [5.41, 5.74) is 1.53. The Bertz CT molecular complexity index is 681. The molecule has 3 nitrogen and oxygen atoms in total. The van der Waals surface area contributed by atoms with E-state index in [1.165, 1.54) is 12.4 Å². The summed E-state index contributed by atoms with van der Waals surface area (Å²) < 4.78 is 14.5. The molecule has 3 aromatic rings. The van der Waals surface area contributed by atoms with Crippen LogP contribution in [-0.4, -0.2) is 9.97 Å². The summed E-state index contributed by atoms with van der Waals surface area (Å²) in [6, 6.07) is 8.66. The zero-order valence-electron chi connectivity index (χ0n) is 9.43. The zero-order chi connectivity index (χ0) is 12.4. The molecule has 0 aliphatic heterocycles. The first kappa shape index (κ1) is 11.1. The monoisotopic (exact) mass is 259 g/mol. The fraction of sp³-hybridized carbons (Fsp3) is 0.0769. The van der Waals surface area contributed by atoms with E-state index in [0.29, 0.717) is 12.1 Å². The first-order chi connectivity index (χ1) is 8.84. The van der Waals surface area contributed by atoms with Crippen LogP contribution in [0, 0.1) is 5.82 Å². The first-order valence-electron chi connectivity index (χ1n) is 5.50. The van der Waals surface area contributed by atoms with Crippen molar-refractivity contribution in [2.24, 2.45) is 0 Å². The molecule has 18 heavy (non-hydrogen) atoms. The summed E-state index contributed by atoms with van der Waals surface area (Å²) in [7, 11) is 0. The van der Waals surface area contributed by atoms with Gasteiger partial charge >= 0.3 is 0 Å². The number of hydrogen-bond donors (Lipinski definition) is 1. The lowest BCUT2D eigenvalue weighted by atomic mass is 10.2. The molecule has 90 valence electrons. The topological polar surface area (TPSA) is 37.8 Å². The highest BCUT2D eigenvalue weighted by Crippen LogP contribution is 2.25. The van der Waals surface area contributed by atoms with Crippen molar-refractivity contribution in [1.29, 1.82) is 0 Å². The van der Waals surface area contributed by atoms with E-state index in [2.05, 4.69) is 15.3 Å². The Morgan fingerprint density at radius 1 is 1.17 bits per heavy atom. The molecule has 0 radical (unpaired) electrons. The molecule has 2 aromatic heterocycles. The number of hydrogen-bond acceptors (Lipinski definition) is 4. The quantitative estimate of drug-likeness (QED) is 0.783. The van der Waals surface area contributed by atoms with E-state index in [9.17, 15) is 4.39 Å². The Morgan fingerprint density at radius 3 is 2.94 bits per heavy atom. The summed E-state index contributed by atoms with van der Waals surface area (Å²) in [6.07, 6.45) is 1.51. The standard InChI is InChI=1S/C13H10FN3S/c14-10-4-2-1-3-9(10)7-15-13-12-11(5-6-18-12)16-8-17-13/h1-6,8H,7H2,(H,15,16,17). The van der Waals surface area contributed by atoms with Gasteiger partial charge in [-0.2, -0.15) is 0 Å². The third kappa shape index (κ3) is 2.04. The molecule has 0 amide bonds. The Morgan fingerprint density at radius 2 is 2.06 bits per heavy atom. The maximum absolute atomic E-state index is 13.5. The van der Waals surface area contributed by atoms with Crippen molar-refractivity contribution in [3.63, 3.8) is 0 Å². The van der Waals surface area contributed by atoms with Crippen LogP contribution in [0.15, 0.2) is 42.0 Å². The van der Waals surface area contributed by atoms with Gasteiger partial charge in [0.15, 0.2) is 0 Å². The first-order valence-corrected chi connectivity index (χ1v) is 6.38. The molecule has 0 aliphatic carbocycles. The van der Waals surface area contributed by atoms with Gasteiger partial charge in [0.25, 0.3) is 0 Å². The van der Waals surface area contributed by atoms with Crippen LogP contribution < -0.4 is 5.32 Å². The molecule has 0 saturated carbocycles. The number of nitrogens with zero attached hydrogens (tertiary/aromatic N) is 2. The molecule has 0 atom stereocenters. The van der Waals surface area contributed by atoms with Crippen LogP contribution in [0.5, 0.6) is 0 Å². The van der Waals surface area contributed by atoms with Gasteiger partial charge in [-0.15, -0.1) is 11.3 Å². The van der Waals surface area contributed by atoms with Crippen molar-refractivity contribution >= 4 is 27.4 Å². The molecule has 0 aliphatic rings. The third-order valence-corrected chi connectivity index (χ3v) is 3.56. The largest absolute Gasteiger partial charge is 0.365 e. The molecule has 2 heterocycles. The number of nitrogens with one attached hydrogen (secondary N) is 1. The van der Waals surface area contributed by atoms with Gasteiger partial charge in [-0.25, -0.2) is 14.4 Å². The van der Waals surface area contributed by atoms with Gasteiger partial charge in [0.05, 0.1) is 10.2 Å². The smallest absolute Gasteiger partial charge is 0.147 e. The summed E-state index contributed by atoms with van der Waals surface area (Å²) in [5, 5.41) is 5.12. The molecule has 1 aromatic carbocycles. The number of anilines is 1. The maximum Gasteiger partial charge on any atom is 0.147 e. The minimum absolute atomic E-state index is 0.207. The second-order valence-electron chi connectivity index (χ2n) is 3.80. The highest BCUT2D eigenvalue weighted by molar-refractivity contribution is 7.17. The van der Waals surface area contributed by atoms with E-state index < -0.39 is 0 Å². The van der Waals surface area contributed by atoms with Gasteiger partial charge in [0.1, 0.15) is 18.0 Å². The highest BCUT2D eigenvalue weighted by Gasteiger charge is 2.05. The lowest BCUT2D eigenvalue weighted by molar-refractivity contribution is 0.613. The molecule has 5 heteroatoms. The van der Waals surface area contributed by atoms with Gasteiger partial charge < -0.3 is 5.32 Å². The number of halogens is 1. The second-order valence-corrected chi connectivity index (χ2v) is 4.72. The van der Waals surface area contributed by atoms with Gasteiger partial charge in [-0.1, -0.05) is 18.2 Å². The van der Waals surface area contributed by atoms with Crippen LogP contribution in [0.3, 0.4) is 0 Å². The molecular weight excluding hydrogens is 249 g/mol. The molecule has 0 fully saturated rings. The van der Waals surface area contributed by atoms with Crippen LogP contribution in [0.2, 0.25) is 0 Å². The summed E-state index contributed by atoms with van der Waals surface area (Å²) >= 11 is 1.57. The Hall–Kier alpha value is -2.01. The number of fused-ring (bicyclic) bond motifs is 1. The number of thiophene rings is 1. The van der Waals surface area contributed by atoms with Crippen LogP contribution in [0.25, 0.3) is 10.2 Å². The van der Waals surface area contributed by atoms with Crippen LogP contribution in [0.1, 0.15) is 5.56 Å². The van der Waals surface area contributed by atoms with Crippen molar-refractivity contribution in [3.8, 4) is 0 Å². The SMILES string of the molecule is Fc1ccccc1CNc1ncnc2ccsc12. The van der Waals surface area contributed by atoms with Crippen LogP contribution in [-0.2, 0) is 6.54 Å². The van der Waals surface area contributed by atoms with Crippen molar-refractivity contribution in [2.45, 2.75) is 6.54 Å².